The fourth-order valence-corrected chi connectivity index (χ4v) is 3.28. The predicted octanol–water partition coefficient (Wildman–Crippen LogP) is 2.32. The fourth-order valence-electron chi connectivity index (χ4n) is 2.27. The van der Waals surface area contributed by atoms with Gasteiger partial charge in [0.1, 0.15) is 12.1 Å². The van der Waals surface area contributed by atoms with E-state index in [9.17, 15) is 0 Å². The first kappa shape index (κ1) is 11.9. The minimum absolute atomic E-state index is 0.664. The molecule has 0 spiro atoms. The predicted molar refractivity (Wildman–Crippen MR) is 76.2 cm³/mol. The molecule has 1 fully saturated rings. The van der Waals surface area contributed by atoms with Crippen LogP contribution in [0.4, 0.5) is 5.82 Å². The van der Waals surface area contributed by atoms with Crippen molar-refractivity contribution in [2.24, 2.45) is 5.73 Å². The van der Waals surface area contributed by atoms with E-state index in [1.165, 1.54) is 23.1 Å². The van der Waals surface area contributed by atoms with Crippen LogP contribution in [0, 0.1) is 6.92 Å². The number of anilines is 1. The molecule has 0 radical (unpaired) electrons. The highest BCUT2D eigenvalue weighted by molar-refractivity contribution is 7.18. The van der Waals surface area contributed by atoms with Crippen molar-refractivity contribution in [2.45, 2.75) is 32.2 Å². The summed E-state index contributed by atoms with van der Waals surface area (Å²) in [6.07, 6.45) is 5.27. The van der Waals surface area contributed by atoms with Crippen molar-refractivity contribution < 1.29 is 0 Å². The van der Waals surface area contributed by atoms with Crippen LogP contribution in [0.3, 0.4) is 0 Å². The molecule has 3 rings (SSSR count). The number of nitrogens with two attached hydrogens (primary N) is 1. The molecule has 2 heterocycles. The molecule has 0 saturated heterocycles. The number of rotatable bonds is 5. The van der Waals surface area contributed by atoms with Gasteiger partial charge in [-0.05, 0) is 43.7 Å². The summed E-state index contributed by atoms with van der Waals surface area (Å²) in [6.45, 7) is 3.85. The van der Waals surface area contributed by atoms with Gasteiger partial charge in [-0.1, -0.05) is 0 Å². The Bertz CT molecular complexity index is 547. The van der Waals surface area contributed by atoms with Crippen molar-refractivity contribution in [3.8, 4) is 0 Å². The SMILES string of the molecule is Cc1csc2c(N(CCCN)C3CC3)ncnc12. The second-order valence-electron chi connectivity index (χ2n) is 4.86. The number of thiophene rings is 1. The molecule has 1 saturated carbocycles. The summed E-state index contributed by atoms with van der Waals surface area (Å²) in [5.41, 5.74) is 7.98. The zero-order chi connectivity index (χ0) is 12.5. The van der Waals surface area contributed by atoms with Crippen LogP contribution in [0.15, 0.2) is 11.7 Å². The van der Waals surface area contributed by atoms with Crippen LogP contribution >= 0.6 is 11.3 Å². The van der Waals surface area contributed by atoms with E-state index in [1.54, 1.807) is 17.7 Å². The van der Waals surface area contributed by atoms with E-state index in [4.69, 9.17) is 5.73 Å². The molecule has 0 unspecified atom stereocenters. The number of hydrogen-bond donors (Lipinski definition) is 1. The van der Waals surface area contributed by atoms with E-state index >= 15 is 0 Å². The van der Waals surface area contributed by atoms with Crippen LogP contribution in [0.25, 0.3) is 10.2 Å². The van der Waals surface area contributed by atoms with Gasteiger partial charge in [0, 0.05) is 12.6 Å². The minimum atomic E-state index is 0.664. The van der Waals surface area contributed by atoms with Crippen molar-refractivity contribution in [3.63, 3.8) is 0 Å². The lowest BCUT2D eigenvalue weighted by Gasteiger charge is -2.23. The summed E-state index contributed by atoms with van der Waals surface area (Å²) in [5, 5.41) is 2.16. The molecule has 1 aliphatic rings. The maximum atomic E-state index is 5.64. The standard InChI is InChI=1S/C13H18N4S/c1-9-7-18-12-11(9)15-8-16-13(12)17(6-2-5-14)10-3-4-10/h7-8,10H,2-6,14H2,1H3. The summed E-state index contributed by atoms with van der Waals surface area (Å²) in [6, 6.07) is 0.664. The number of aryl methyl sites for hydroxylation is 1. The van der Waals surface area contributed by atoms with Gasteiger partial charge in [-0.2, -0.15) is 0 Å². The van der Waals surface area contributed by atoms with Crippen LogP contribution in [0.1, 0.15) is 24.8 Å². The minimum Gasteiger partial charge on any atom is -0.352 e. The van der Waals surface area contributed by atoms with Crippen LogP contribution < -0.4 is 10.6 Å². The van der Waals surface area contributed by atoms with Crippen molar-refractivity contribution in [2.75, 3.05) is 18.0 Å². The monoisotopic (exact) mass is 262 g/mol. The number of nitrogens with zero attached hydrogens (tertiary/aromatic N) is 3. The Hall–Kier alpha value is -1.20. The van der Waals surface area contributed by atoms with E-state index in [1.807, 2.05) is 0 Å². The zero-order valence-electron chi connectivity index (χ0n) is 10.6. The molecule has 4 nitrogen and oxygen atoms in total. The molecule has 96 valence electrons. The molecule has 2 aromatic heterocycles. The first-order valence-corrected chi connectivity index (χ1v) is 7.34. The molecule has 0 aliphatic heterocycles. The van der Waals surface area contributed by atoms with Gasteiger partial charge in [-0.25, -0.2) is 9.97 Å². The Morgan fingerprint density at radius 2 is 2.28 bits per heavy atom. The molecular weight excluding hydrogens is 244 g/mol. The van der Waals surface area contributed by atoms with Gasteiger partial charge in [0.2, 0.25) is 0 Å². The third kappa shape index (κ3) is 2.08. The van der Waals surface area contributed by atoms with E-state index in [-0.39, 0.29) is 0 Å². The van der Waals surface area contributed by atoms with Gasteiger partial charge in [0.05, 0.1) is 10.2 Å². The normalized spacial score (nSPS) is 15.2. The van der Waals surface area contributed by atoms with Gasteiger partial charge in [0.25, 0.3) is 0 Å². The van der Waals surface area contributed by atoms with Crippen LogP contribution in [0.5, 0.6) is 0 Å². The lowest BCUT2D eigenvalue weighted by Crippen LogP contribution is -2.29. The van der Waals surface area contributed by atoms with Crippen LogP contribution in [0.2, 0.25) is 0 Å². The van der Waals surface area contributed by atoms with Crippen molar-refractivity contribution in [1.29, 1.82) is 0 Å². The third-order valence-corrected chi connectivity index (χ3v) is 4.46. The van der Waals surface area contributed by atoms with Crippen LogP contribution in [-0.2, 0) is 0 Å². The van der Waals surface area contributed by atoms with Gasteiger partial charge in [-0.3, -0.25) is 0 Å². The average Bonchev–Trinajstić information content (AvgIpc) is 3.15. The zero-order valence-corrected chi connectivity index (χ0v) is 11.4. The van der Waals surface area contributed by atoms with Gasteiger partial charge >= 0.3 is 0 Å². The topological polar surface area (TPSA) is 55.0 Å². The smallest absolute Gasteiger partial charge is 0.150 e. The third-order valence-electron chi connectivity index (χ3n) is 3.37. The highest BCUT2D eigenvalue weighted by Gasteiger charge is 2.31. The van der Waals surface area contributed by atoms with Crippen LogP contribution in [-0.4, -0.2) is 29.1 Å². The number of hydrogen-bond acceptors (Lipinski definition) is 5. The lowest BCUT2D eigenvalue weighted by molar-refractivity contribution is 0.725. The van der Waals surface area contributed by atoms with Crippen molar-refractivity contribution in [1.82, 2.24) is 9.97 Å². The second kappa shape index (κ2) is 4.82. The summed E-state index contributed by atoms with van der Waals surface area (Å²) < 4.78 is 1.22. The van der Waals surface area contributed by atoms with Gasteiger partial charge in [-0.15, -0.1) is 11.3 Å². The molecule has 0 atom stereocenters. The molecule has 5 heteroatoms. The Morgan fingerprint density at radius 3 is 3.00 bits per heavy atom. The Kier molecular flexibility index (Phi) is 3.18. The molecular formula is C13H18N4S. The van der Waals surface area contributed by atoms with E-state index in [0.29, 0.717) is 6.04 Å². The largest absolute Gasteiger partial charge is 0.352 e. The highest BCUT2D eigenvalue weighted by Crippen LogP contribution is 2.36. The van der Waals surface area contributed by atoms with E-state index < -0.39 is 0 Å². The maximum Gasteiger partial charge on any atom is 0.150 e. The Labute approximate surface area is 111 Å². The summed E-state index contributed by atoms with van der Waals surface area (Å²) in [7, 11) is 0. The molecule has 18 heavy (non-hydrogen) atoms. The number of fused-ring (bicyclic) bond motifs is 1. The summed E-state index contributed by atoms with van der Waals surface area (Å²) in [5.74, 6) is 1.11. The van der Waals surface area contributed by atoms with Gasteiger partial charge < -0.3 is 10.6 Å². The summed E-state index contributed by atoms with van der Waals surface area (Å²) >= 11 is 1.75. The maximum absolute atomic E-state index is 5.64. The molecule has 1 aliphatic carbocycles. The Balaban J connectivity index is 2.00. The molecule has 2 aromatic rings. The van der Waals surface area contributed by atoms with Crippen molar-refractivity contribution >= 4 is 27.4 Å². The number of aromatic nitrogens is 2. The quantitative estimate of drug-likeness (QED) is 0.898. The molecule has 0 amide bonds. The second-order valence-corrected chi connectivity index (χ2v) is 5.74. The summed E-state index contributed by atoms with van der Waals surface area (Å²) in [4.78, 5) is 11.3. The first-order valence-electron chi connectivity index (χ1n) is 6.46. The lowest BCUT2D eigenvalue weighted by atomic mass is 10.3. The Morgan fingerprint density at radius 1 is 1.44 bits per heavy atom. The van der Waals surface area contributed by atoms with E-state index in [2.05, 4.69) is 27.2 Å². The van der Waals surface area contributed by atoms with Gasteiger partial charge in [0.15, 0.2) is 0 Å². The average molecular weight is 262 g/mol. The molecule has 0 bridgehead atoms. The first-order chi connectivity index (χ1) is 8.81. The highest BCUT2D eigenvalue weighted by atomic mass is 32.1. The fraction of sp³-hybridized carbons (Fsp3) is 0.538. The molecule has 0 aromatic carbocycles. The van der Waals surface area contributed by atoms with E-state index in [0.717, 1.165) is 30.8 Å². The molecule has 2 N–H and O–H groups in total. The van der Waals surface area contributed by atoms with Crippen molar-refractivity contribution in [3.05, 3.63) is 17.3 Å².